The number of benzene rings is 1. The van der Waals surface area contributed by atoms with Crippen LogP contribution in [0.3, 0.4) is 0 Å². The Morgan fingerprint density at radius 3 is 2.43 bits per heavy atom. The topological polar surface area (TPSA) is 66.0 Å². The zero-order valence-electron chi connectivity index (χ0n) is 17.4. The monoisotopic (exact) mass is 502 g/mol. The van der Waals surface area contributed by atoms with Gasteiger partial charge in [-0.2, -0.15) is 0 Å². The molecule has 1 aliphatic carbocycles. The highest BCUT2D eigenvalue weighted by molar-refractivity contribution is 14.0. The van der Waals surface area contributed by atoms with Gasteiger partial charge in [-0.25, -0.2) is 0 Å². The molecule has 0 radical (unpaired) electrons. The zero-order valence-corrected chi connectivity index (χ0v) is 19.7. The first-order valence-corrected chi connectivity index (χ1v) is 9.91. The molecule has 2 rings (SSSR count). The standard InChI is InChI=1S/C21H34N4O2.HI/c1-22-20(23-15-9-10-16-27-18-11-5-4-6-12-18)24-17-21(13-7-8-14-21)19(26)25(2)3;/h4-6,11-12H,7-10,13-17H2,1-3H3,(H2,22,23,24);1H. The Kier molecular flexibility index (Phi) is 11.3. The van der Waals surface area contributed by atoms with Crippen LogP contribution in [-0.2, 0) is 4.79 Å². The van der Waals surface area contributed by atoms with Crippen LogP contribution in [0.4, 0.5) is 0 Å². The normalized spacial score (nSPS) is 15.5. The third-order valence-corrected chi connectivity index (χ3v) is 5.11. The number of guanidine groups is 1. The van der Waals surface area contributed by atoms with Crippen molar-refractivity contribution in [2.45, 2.75) is 38.5 Å². The number of amides is 1. The van der Waals surface area contributed by atoms with Gasteiger partial charge in [0.25, 0.3) is 0 Å². The molecule has 2 N–H and O–H groups in total. The minimum atomic E-state index is -0.287. The molecule has 0 aliphatic heterocycles. The molecule has 0 aromatic heterocycles. The summed E-state index contributed by atoms with van der Waals surface area (Å²) in [5, 5.41) is 6.70. The van der Waals surface area contributed by atoms with Gasteiger partial charge in [-0.15, -0.1) is 24.0 Å². The van der Waals surface area contributed by atoms with Crippen molar-refractivity contribution in [1.29, 1.82) is 0 Å². The lowest BCUT2D eigenvalue weighted by atomic mass is 9.84. The van der Waals surface area contributed by atoms with Gasteiger partial charge in [0.1, 0.15) is 5.75 Å². The molecule has 0 spiro atoms. The third-order valence-electron chi connectivity index (χ3n) is 5.11. The highest BCUT2D eigenvalue weighted by Crippen LogP contribution is 2.38. The third kappa shape index (κ3) is 7.48. The van der Waals surface area contributed by atoms with E-state index in [2.05, 4.69) is 15.6 Å². The molecule has 1 aliphatic rings. The van der Waals surface area contributed by atoms with E-state index in [0.717, 1.165) is 56.8 Å². The van der Waals surface area contributed by atoms with Crippen molar-refractivity contribution in [1.82, 2.24) is 15.5 Å². The molecule has 0 unspecified atom stereocenters. The highest BCUT2D eigenvalue weighted by Gasteiger charge is 2.42. The van der Waals surface area contributed by atoms with E-state index in [9.17, 15) is 4.79 Å². The average molecular weight is 502 g/mol. The van der Waals surface area contributed by atoms with Crippen molar-refractivity contribution < 1.29 is 9.53 Å². The fourth-order valence-electron chi connectivity index (χ4n) is 3.61. The molecule has 1 amide bonds. The first-order valence-electron chi connectivity index (χ1n) is 9.91. The summed E-state index contributed by atoms with van der Waals surface area (Å²) >= 11 is 0. The van der Waals surface area contributed by atoms with Crippen LogP contribution >= 0.6 is 24.0 Å². The lowest BCUT2D eigenvalue weighted by molar-refractivity contribution is -0.138. The molecule has 7 heteroatoms. The summed E-state index contributed by atoms with van der Waals surface area (Å²) in [6.07, 6.45) is 6.11. The highest BCUT2D eigenvalue weighted by atomic mass is 127. The molecule has 1 saturated carbocycles. The molecule has 1 aromatic rings. The number of carbonyl (C=O) groups excluding carboxylic acids is 1. The SMILES string of the molecule is CN=C(NCCCCOc1ccccc1)NCC1(C(=O)N(C)C)CCCC1.I. The Balaban J connectivity index is 0.00000392. The van der Waals surface area contributed by atoms with Gasteiger partial charge in [0.05, 0.1) is 12.0 Å². The summed E-state index contributed by atoms with van der Waals surface area (Å²) in [6.45, 7) is 2.17. The van der Waals surface area contributed by atoms with Crippen LogP contribution in [0.2, 0.25) is 0 Å². The summed E-state index contributed by atoms with van der Waals surface area (Å²) < 4.78 is 5.70. The van der Waals surface area contributed by atoms with Gasteiger partial charge >= 0.3 is 0 Å². The number of halogens is 1. The number of ether oxygens (including phenoxy) is 1. The second kappa shape index (κ2) is 12.9. The van der Waals surface area contributed by atoms with Gasteiger partial charge in [-0.3, -0.25) is 9.79 Å². The Labute approximate surface area is 186 Å². The number of hydrogen-bond donors (Lipinski definition) is 2. The van der Waals surface area contributed by atoms with Crippen LogP contribution < -0.4 is 15.4 Å². The van der Waals surface area contributed by atoms with Gasteiger partial charge in [-0.1, -0.05) is 31.0 Å². The van der Waals surface area contributed by atoms with Gasteiger partial charge in [0, 0.05) is 34.2 Å². The Bertz CT molecular complexity index is 602. The minimum absolute atomic E-state index is 0. The molecule has 1 fully saturated rings. The maximum absolute atomic E-state index is 12.6. The molecule has 0 bridgehead atoms. The molecule has 6 nitrogen and oxygen atoms in total. The number of carbonyl (C=O) groups is 1. The fourth-order valence-corrected chi connectivity index (χ4v) is 3.61. The van der Waals surface area contributed by atoms with E-state index in [4.69, 9.17) is 4.74 Å². The Hall–Kier alpha value is -1.51. The Morgan fingerprint density at radius 2 is 1.82 bits per heavy atom. The van der Waals surface area contributed by atoms with Crippen molar-refractivity contribution >= 4 is 35.8 Å². The molecule has 0 heterocycles. The minimum Gasteiger partial charge on any atom is -0.494 e. The summed E-state index contributed by atoms with van der Waals surface area (Å²) in [7, 11) is 5.45. The quantitative estimate of drug-likeness (QED) is 0.236. The lowest BCUT2D eigenvalue weighted by Gasteiger charge is -2.31. The molecule has 0 saturated heterocycles. The van der Waals surface area contributed by atoms with E-state index in [1.807, 2.05) is 44.4 Å². The molecule has 158 valence electrons. The van der Waals surface area contributed by atoms with Gasteiger partial charge in [0.15, 0.2) is 5.96 Å². The lowest BCUT2D eigenvalue weighted by Crippen LogP contribution is -2.49. The number of nitrogens with one attached hydrogen (secondary N) is 2. The molecular weight excluding hydrogens is 467 g/mol. The first kappa shape index (κ1) is 24.5. The second-order valence-corrected chi connectivity index (χ2v) is 7.41. The predicted octanol–water partition coefficient (Wildman–Crippen LogP) is 3.28. The van der Waals surface area contributed by atoms with Crippen molar-refractivity contribution in [3.05, 3.63) is 30.3 Å². The van der Waals surface area contributed by atoms with E-state index < -0.39 is 0 Å². The van der Waals surface area contributed by atoms with Crippen molar-refractivity contribution in [3.8, 4) is 5.75 Å². The molecular formula is C21H35IN4O2. The molecule has 1 aromatic carbocycles. The average Bonchev–Trinajstić information content (AvgIpc) is 3.17. The van der Waals surface area contributed by atoms with E-state index in [1.165, 1.54) is 0 Å². The fraction of sp³-hybridized carbons (Fsp3) is 0.619. The number of aliphatic imine (C=N–C) groups is 1. The largest absolute Gasteiger partial charge is 0.494 e. The number of hydrogen-bond acceptors (Lipinski definition) is 3. The van der Waals surface area contributed by atoms with E-state index >= 15 is 0 Å². The smallest absolute Gasteiger partial charge is 0.230 e. The van der Waals surface area contributed by atoms with Crippen LogP contribution in [0.1, 0.15) is 38.5 Å². The van der Waals surface area contributed by atoms with Crippen LogP contribution in [0.5, 0.6) is 5.75 Å². The maximum Gasteiger partial charge on any atom is 0.230 e. The van der Waals surface area contributed by atoms with E-state index in [1.54, 1.807) is 11.9 Å². The zero-order chi connectivity index (χ0) is 19.5. The number of para-hydroxylation sites is 1. The van der Waals surface area contributed by atoms with E-state index in [0.29, 0.717) is 13.2 Å². The predicted molar refractivity (Wildman–Crippen MR) is 126 cm³/mol. The summed E-state index contributed by atoms with van der Waals surface area (Å²) in [4.78, 5) is 18.6. The Morgan fingerprint density at radius 1 is 1.14 bits per heavy atom. The van der Waals surface area contributed by atoms with Crippen LogP contribution in [-0.4, -0.2) is 57.6 Å². The van der Waals surface area contributed by atoms with Crippen LogP contribution in [0.15, 0.2) is 35.3 Å². The van der Waals surface area contributed by atoms with Crippen molar-refractivity contribution in [3.63, 3.8) is 0 Å². The van der Waals surface area contributed by atoms with E-state index in [-0.39, 0.29) is 35.3 Å². The first-order chi connectivity index (χ1) is 13.1. The molecule has 28 heavy (non-hydrogen) atoms. The van der Waals surface area contributed by atoms with Crippen molar-refractivity contribution in [2.24, 2.45) is 10.4 Å². The summed E-state index contributed by atoms with van der Waals surface area (Å²) in [6, 6.07) is 9.88. The summed E-state index contributed by atoms with van der Waals surface area (Å²) in [5.41, 5.74) is -0.287. The van der Waals surface area contributed by atoms with Gasteiger partial charge < -0.3 is 20.3 Å². The molecule has 0 atom stereocenters. The second-order valence-electron chi connectivity index (χ2n) is 7.41. The number of unbranched alkanes of at least 4 members (excludes halogenated alkanes) is 1. The number of nitrogens with zero attached hydrogens (tertiary/aromatic N) is 2. The van der Waals surface area contributed by atoms with Crippen LogP contribution in [0, 0.1) is 5.41 Å². The number of rotatable bonds is 9. The maximum atomic E-state index is 12.6. The summed E-state index contributed by atoms with van der Waals surface area (Å²) in [5.74, 6) is 1.90. The van der Waals surface area contributed by atoms with Gasteiger partial charge in [0.2, 0.25) is 5.91 Å². The van der Waals surface area contributed by atoms with Crippen molar-refractivity contribution in [2.75, 3.05) is 40.8 Å². The van der Waals surface area contributed by atoms with Gasteiger partial charge in [-0.05, 0) is 37.8 Å². The van der Waals surface area contributed by atoms with Crippen LogP contribution in [0.25, 0.3) is 0 Å².